The first-order valence-electron chi connectivity index (χ1n) is 8.01. The van der Waals surface area contributed by atoms with Crippen molar-refractivity contribution in [3.05, 3.63) is 82.3 Å². The quantitative estimate of drug-likeness (QED) is 0.364. The molecule has 6 heteroatoms. The lowest BCUT2D eigenvalue weighted by Gasteiger charge is -2.10. The molecule has 0 atom stereocenters. The Hall–Kier alpha value is -2.99. The van der Waals surface area contributed by atoms with E-state index in [9.17, 15) is 4.79 Å². The molecule has 0 bridgehead atoms. The lowest BCUT2D eigenvalue weighted by Crippen LogP contribution is -2.11. The number of esters is 1. The lowest BCUT2D eigenvalue weighted by atomic mass is 10.2. The van der Waals surface area contributed by atoms with Crippen LogP contribution in [0.1, 0.15) is 15.9 Å². The summed E-state index contributed by atoms with van der Waals surface area (Å²) in [6, 6.07) is 20.2. The smallest absolute Gasteiger partial charge is 0.343 e. The molecule has 0 amide bonds. The molecule has 4 aromatic rings. The van der Waals surface area contributed by atoms with Crippen molar-refractivity contribution in [2.45, 2.75) is 6.92 Å². The number of nitrogens with zero attached hydrogens (tertiary/aromatic N) is 3. The zero-order valence-electron chi connectivity index (χ0n) is 13.9. The minimum Gasteiger partial charge on any atom is -0.421 e. The van der Waals surface area contributed by atoms with Crippen LogP contribution < -0.4 is 4.74 Å². The maximum absolute atomic E-state index is 12.5. The summed E-state index contributed by atoms with van der Waals surface area (Å²) in [5, 5.41) is 8.97. The largest absolute Gasteiger partial charge is 0.421 e. The number of benzene rings is 3. The summed E-state index contributed by atoms with van der Waals surface area (Å²) in [5.41, 5.74) is 3.66. The minimum absolute atomic E-state index is 0.406. The van der Waals surface area contributed by atoms with Gasteiger partial charge in [0.05, 0.1) is 5.56 Å². The topological polar surface area (TPSA) is 57.0 Å². The van der Waals surface area contributed by atoms with E-state index in [0.29, 0.717) is 17.0 Å². The Morgan fingerprint density at radius 2 is 1.62 bits per heavy atom. The van der Waals surface area contributed by atoms with Crippen LogP contribution in [0, 0.1) is 6.92 Å². The van der Waals surface area contributed by atoms with E-state index in [2.05, 4.69) is 26.1 Å². The highest BCUT2D eigenvalue weighted by atomic mass is 79.9. The van der Waals surface area contributed by atoms with Gasteiger partial charge in [0.25, 0.3) is 0 Å². The first-order valence-corrected chi connectivity index (χ1v) is 8.80. The molecule has 5 nitrogen and oxygen atoms in total. The van der Waals surface area contributed by atoms with Crippen LogP contribution in [0.15, 0.2) is 71.2 Å². The van der Waals surface area contributed by atoms with Crippen molar-refractivity contribution in [3.8, 4) is 11.4 Å². The van der Waals surface area contributed by atoms with Crippen molar-refractivity contribution in [2.24, 2.45) is 0 Å². The average Bonchev–Trinajstić information content (AvgIpc) is 3.07. The van der Waals surface area contributed by atoms with E-state index in [1.165, 1.54) is 4.80 Å². The van der Waals surface area contributed by atoms with Crippen LogP contribution in [-0.4, -0.2) is 21.0 Å². The molecular formula is C20H14BrN3O2. The molecule has 0 aliphatic heterocycles. The highest BCUT2D eigenvalue weighted by Gasteiger charge is 2.15. The van der Waals surface area contributed by atoms with Gasteiger partial charge in [-0.15, -0.1) is 15.0 Å². The molecule has 1 heterocycles. The number of carbonyl (C=O) groups excluding carboxylic acids is 1. The Balaban J connectivity index is 1.72. The first-order chi connectivity index (χ1) is 12.6. The van der Waals surface area contributed by atoms with Gasteiger partial charge < -0.3 is 4.74 Å². The number of carbonyl (C=O) groups is 1. The molecule has 3 aromatic carbocycles. The van der Waals surface area contributed by atoms with Crippen molar-refractivity contribution < 1.29 is 9.53 Å². The van der Waals surface area contributed by atoms with Gasteiger partial charge in [0.2, 0.25) is 0 Å². The van der Waals surface area contributed by atoms with Gasteiger partial charge in [0, 0.05) is 4.47 Å². The summed E-state index contributed by atoms with van der Waals surface area (Å²) in [6.45, 7) is 1.97. The average molecular weight is 408 g/mol. The van der Waals surface area contributed by atoms with Crippen molar-refractivity contribution in [1.29, 1.82) is 0 Å². The van der Waals surface area contributed by atoms with E-state index < -0.39 is 5.97 Å². The van der Waals surface area contributed by atoms with Gasteiger partial charge in [0.15, 0.2) is 5.75 Å². The van der Waals surface area contributed by atoms with E-state index in [4.69, 9.17) is 4.74 Å². The zero-order chi connectivity index (χ0) is 18.1. The summed E-state index contributed by atoms with van der Waals surface area (Å²) >= 11 is 3.36. The summed E-state index contributed by atoms with van der Waals surface area (Å²) in [5.74, 6) is -0.0249. The summed E-state index contributed by atoms with van der Waals surface area (Å²) in [7, 11) is 0. The van der Waals surface area contributed by atoms with Gasteiger partial charge in [-0.1, -0.05) is 34.1 Å². The van der Waals surface area contributed by atoms with Crippen LogP contribution >= 0.6 is 15.9 Å². The number of aromatic nitrogens is 3. The van der Waals surface area contributed by atoms with E-state index in [1.54, 1.807) is 30.3 Å². The van der Waals surface area contributed by atoms with Crippen LogP contribution in [-0.2, 0) is 0 Å². The second kappa shape index (κ2) is 6.72. The van der Waals surface area contributed by atoms with Crippen LogP contribution in [0.4, 0.5) is 0 Å². The Bertz CT molecular complexity index is 1070. The highest BCUT2D eigenvalue weighted by Crippen LogP contribution is 2.25. The molecule has 0 radical (unpaired) electrons. The van der Waals surface area contributed by atoms with E-state index in [1.807, 2.05) is 43.3 Å². The first kappa shape index (κ1) is 16.5. The van der Waals surface area contributed by atoms with Crippen molar-refractivity contribution in [3.63, 3.8) is 0 Å². The minimum atomic E-state index is -0.431. The van der Waals surface area contributed by atoms with Crippen molar-refractivity contribution in [1.82, 2.24) is 15.0 Å². The second-order valence-corrected chi connectivity index (χ2v) is 6.76. The zero-order valence-corrected chi connectivity index (χ0v) is 15.5. The van der Waals surface area contributed by atoms with Crippen LogP contribution in [0.25, 0.3) is 16.7 Å². The standard InChI is InChI=1S/C20H14BrN3O2/c1-13-6-11-19(26-20(25)14-7-9-15(21)10-8-14)18(12-13)24-22-16-4-2-3-5-17(16)23-24/h2-12H,1H3. The molecule has 0 unspecified atom stereocenters. The monoisotopic (exact) mass is 407 g/mol. The van der Waals surface area contributed by atoms with E-state index in [0.717, 1.165) is 21.1 Å². The van der Waals surface area contributed by atoms with Gasteiger partial charge in [-0.3, -0.25) is 0 Å². The molecule has 1 aromatic heterocycles. The Morgan fingerprint density at radius 1 is 0.962 bits per heavy atom. The number of halogens is 1. The van der Waals surface area contributed by atoms with Gasteiger partial charge in [0.1, 0.15) is 16.7 Å². The number of fused-ring (bicyclic) bond motifs is 1. The van der Waals surface area contributed by atoms with Gasteiger partial charge in [-0.2, -0.15) is 0 Å². The predicted octanol–water partition coefficient (Wildman–Crippen LogP) is 4.71. The predicted molar refractivity (Wildman–Crippen MR) is 103 cm³/mol. The van der Waals surface area contributed by atoms with Crippen molar-refractivity contribution >= 4 is 32.9 Å². The molecule has 0 N–H and O–H groups in total. The van der Waals surface area contributed by atoms with Gasteiger partial charge in [-0.05, 0) is 61.0 Å². The van der Waals surface area contributed by atoms with Gasteiger partial charge >= 0.3 is 5.97 Å². The molecule has 0 saturated heterocycles. The number of aryl methyl sites for hydroxylation is 1. The fourth-order valence-corrected chi connectivity index (χ4v) is 2.85. The van der Waals surface area contributed by atoms with E-state index >= 15 is 0 Å². The maximum Gasteiger partial charge on any atom is 0.343 e. The highest BCUT2D eigenvalue weighted by molar-refractivity contribution is 9.10. The molecule has 0 aliphatic carbocycles. The molecule has 0 aliphatic rings. The third kappa shape index (κ3) is 3.23. The van der Waals surface area contributed by atoms with Crippen molar-refractivity contribution in [2.75, 3.05) is 0 Å². The fraction of sp³-hybridized carbons (Fsp3) is 0.0500. The summed E-state index contributed by atoms with van der Waals surface area (Å²) in [4.78, 5) is 14.0. The third-order valence-electron chi connectivity index (χ3n) is 3.90. The second-order valence-electron chi connectivity index (χ2n) is 5.85. The lowest BCUT2D eigenvalue weighted by molar-refractivity contribution is 0.0734. The van der Waals surface area contributed by atoms with Crippen LogP contribution in [0.5, 0.6) is 5.75 Å². The van der Waals surface area contributed by atoms with E-state index in [-0.39, 0.29) is 0 Å². The summed E-state index contributed by atoms with van der Waals surface area (Å²) in [6.07, 6.45) is 0. The molecular weight excluding hydrogens is 394 g/mol. The fourth-order valence-electron chi connectivity index (χ4n) is 2.58. The molecule has 26 heavy (non-hydrogen) atoms. The number of rotatable bonds is 3. The van der Waals surface area contributed by atoms with Gasteiger partial charge in [-0.25, -0.2) is 4.79 Å². The molecule has 128 valence electrons. The van der Waals surface area contributed by atoms with Crippen LogP contribution in [0.3, 0.4) is 0 Å². The Labute approximate surface area is 158 Å². The summed E-state index contributed by atoms with van der Waals surface area (Å²) < 4.78 is 6.52. The third-order valence-corrected chi connectivity index (χ3v) is 4.43. The maximum atomic E-state index is 12.5. The normalized spacial score (nSPS) is 10.8. The molecule has 0 fully saturated rings. The molecule has 4 rings (SSSR count). The molecule has 0 saturated carbocycles. The number of ether oxygens (including phenoxy) is 1. The Morgan fingerprint density at radius 3 is 2.27 bits per heavy atom. The van der Waals surface area contributed by atoms with Crippen LogP contribution in [0.2, 0.25) is 0 Å². The Kier molecular flexibility index (Phi) is 4.26. The SMILES string of the molecule is Cc1ccc(OC(=O)c2ccc(Br)cc2)c(-n2nc3ccccc3n2)c1. The number of hydrogen-bond acceptors (Lipinski definition) is 4. The number of hydrogen-bond donors (Lipinski definition) is 0. The molecule has 0 spiro atoms.